The highest BCUT2D eigenvalue weighted by molar-refractivity contribution is 5.82. The summed E-state index contributed by atoms with van der Waals surface area (Å²) >= 11 is 0. The van der Waals surface area contributed by atoms with E-state index in [9.17, 15) is 14.7 Å². The molecule has 5 nitrogen and oxygen atoms in total. The smallest absolute Gasteiger partial charge is 0.150 e. The van der Waals surface area contributed by atoms with E-state index in [-0.39, 0.29) is 22.6 Å². The van der Waals surface area contributed by atoms with E-state index in [2.05, 4.69) is 27.7 Å². The lowest BCUT2D eigenvalue weighted by atomic mass is 9.78. The van der Waals surface area contributed by atoms with Gasteiger partial charge in [-0.25, -0.2) is 0 Å². The Morgan fingerprint density at radius 3 is 2.24 bits per heavy atom. The summed E-state index contributed by atoms with van der Waals surface area (Å²) in [5.74, 6) is -0.546. The van der Waals surface area contributed by atoms with Crippen LogP contribution in [0.1, 0.15) is 62.4 Å². The van der Waals surface area contributed by atoms with Crippen LogP contribution in [0.4, 0.5) is 0 Å². The number of carboxylic acid groups (broad SMARTS) is 1. The van der Waals surface area contributed by atoms with E-state index in [1.165, 1.54) is 4.90 Å². The molecular formula is C16H23NO4. The minimum absolute atomic E-state index is 0.134. The third-order valence-corrected chi connectivity index (χ3v) is 4.50. The Bertz CT molecular complexity index is 563. The number of carboxylic acids is 1. The maximum absolute atomic E-state index is 11.9. The largest absolute Gasteiger partial charge is 0.542 e. The molecule has 2 heterocycles. The Kier molecular flexibility index (Phi) is 3.74. The summed E-state index contributed by atoms with van der Waals surface area (Å²) in [5, 5.41) is 10.9. The van der Waals surface area contributed by atoms with Crippen molar-refractivity contribution in [2.24, 2.45) is 0 Å². The van der Waals surface area contributed by atoms with Crippen LogP contribution in [-0.2, 0) is 11.3 Å². The molecule has 116 valence electrons. The van der Waals surface area contributed by atoms with Gasteiger partial charge in [0.25, 0.3) is 0 Å². The van der Waals surface area contributed by atoms with Crippen molar-refractivity contribution in [2.45, 2.75) is 65.1 Å². The fraction of sp³-hybridized carbons (Fsp3) is 0.625. The predicted molar refractivity (Wildman–Crippen MR) is 74.8 cm³/mol. The monoisotopic (exact) mass is 293 g/mol. The van der Waals surface area contributed by atoms with Gasteiger partial charge in [0.15, 0.2) is 0 Å². The lowest BCUT2D eigenvalue weighted by Crippen LogP contribution is -3.25. The number of Topliss-reactive ketones (excluding diaryl/α,β-unsaturated/α-hetero) is 1. The molecule has 0 unspecified atom stereocenters. The molecular weight excluding hydrogens is 270 g/mol. The topological polar surface area (TPSA) is 74.8 Å². The number of aryl methyl sites for hydroxylation is 1. The number of ketones is 1. The molecule has 1 aromatic rings. The molecule has 0 radical (unpaired) electrons. The maximum atomic E-state index is 11.9. The zero-order valence-electron chi connectivity index (χ0n) is 13.3. The molecule has 1 aliphatic rings. The van der Waals surface area contributed by atoms with Crippen LogP contribution in [0.2, 0.25) is 0 Å². The van der Waals surface area contributed by atoms with Gasteiger partial charge in [-0.1, -0.05) is 0 Å². The molecule has 2 rings (SSSR count). The summed E-state index contributed by atoms with van der Waals surface area (Å²) in [5.41, 5.74) is 0.480. The summed E-state index contributed by atoms with van der Waals surface area (Å²) in [6.07, 6.45) is 1.08. The summed E-state index contributed by atoms with van der Waals surface area (Å²) in [6, 6.07) is 1.54. The standard InChI is InChI=1S/C16H23NO4/c1-10-11(6-13(21-10)14(19)20)9-17-15(2,3)7-12(18)8-16(17,4)5/h6H,7-9H2,1-5H3,(H,19,20). The van der Waals surface area contributed by atoms with Crippen molar-refractivity contribution in [3.05, 3.63) is 23.2 Å². The molecule has 1 aliphatic heterocycles. The highest BCUT2D eigenvalue weighted by Gasteiger charge is 2.48. The number of furan rings is 1. The summed E-state index contributed by atoms with van der Waals surface area (Å²) in [7, 11) is 0. The van der Waals surface area contributed by atoms with Crippen LogP contribution in [-0.4, -0.2) is 22.8 Å². The van der Waals surface area contributed by atoms with Crippen LogP contribution in [0, 0.1) is 6.92 Å². The van der Waals surface area contributed by atoms with Crippen LogP contribution in [0.15, 0.2) is 10.5 Å². The van der Waals surface area contributed by atoms with E-state index in [1.54, 1.807) is 13.0 Å². The van der Waals surface area contributed by atoms with Crippen molar-refractivity contribution < 1.29 is 24.0 Å². The van der Waals surface area contributed by atoms with Crippen LogP contribution < -0.4 is 10.0 Å². The first kappa shape index (κ1) is 15.8. The number of nitrogens with one attached hydrogen (secondary N) is 1. The normalized spacial score (nSPS) is 21.5. The van der Waals surface area contributed by atoms with E-state index in [0.717, 1.165) is 5.56 Å². The molecule has 1 fully saturated rings. The zero-order chi connectivity index (χ0) is 16.0. The number of hydrogen-bond acceptors (Lipinski definition) is 4. The van der Waals surface area contributed by atoms with Crippen LogP contribution >= 0.6 is 0 Å². The fourth-order valence-electron chi connectivity index (χ4n) is 3.64. The van der Waals surface area contributed by atoms with Gasteiger partial charge < -0.3 is 19.2 Å². The van der Waals surface area contributed by atoms with Gasteiger partial charge >= 0.3 is 0 Å². The summed E-state index contributed by atoms with van der Waals surface area (Å²) in [4.78, 5) is 24.1. The number of carbonyl (C=O) groups excluding carboxylic acids is 2. The lowest BCUT2D eigenvalue weighted by Gasteiger charge is -2.48. The first-order chi connectivity index (χ1) is 9.53. The molecule has 0 aliphatic carbocycles. The number of likely N-dealkylation sites (tertiary alicyclic amines) is 1. The quantitative estimate of drug-likeness (QED) is 0.867. The van der Waals surface area contributed by atoms with Gasteiger partial charge in [0.1, 0.15) is 29.8 Å². The molecule has 0 atom stereocenters. The second-order valence-corrected chi connectivity index (χ2v) is 7.29. The molecule has 0 bridgehead atoms. The van der Waals surface area contributed by atoms with E-state index < -0.39 is 5.97 Å². The van der Waals surface area contributed by atoms with E-state index in [4.69, 9.17) is 4.42 Å². The molecule has 1 saturated heterocycles. The van der Waals surface area contributed by atoms with Crippen LogP contribution in [0.3, 0.4) is 0 Å². The van der Waals surface area contributed by atoms with Gasteiger partial charge in [-0.3, -0.25) is 4.79 Å². The van der Waals surface area contributed by atoms with E-state index >= 15 is 0 Å². The molecule has 0 amide bonds. The summed E-state index contributed by atoms with van der Waals surface area (Å²) < 4.78 is 5.23. The molecule has 5 heteroatoms. The highest BCUT2D eigenvalue weighted by atomic mass is 16.4. The average molecular weight is 293 g/mol. The third-order valence-electron chi connectivity index (χ3n) is 4.50. The minimum Gasteiger partial charge on any atom is -0.542 e. The number of quaternary nitrogens is 1. The van der Waals surface area contributed by atoms with E-state index in [1.807, 2.05) is 0 Å². The minimum atomic E-state index is -1.30. The van der Waals surface area contributed by atoms with Gasteiger partial charge in [-0.05, 0) is 40.7 Å². The van der Waals surface area contributed by atoms with Gasteiger partial charge in [0, 0.05) is 5.56 Å². The maximum Gasteiger partial charge on any atom is 0.150 e. The third kappa shape index (κ3) is 3.02. The molecule has 0 aromatic carbocycles. The Morgan fingerprint density at radius 2 is 1.81 bits per heavy atom. The number of piperidine rings is 1. The SMILES string of the molecule is Cc1oc(C(=O)[O-])cc1C[NH+]1C(C)(C)CC(=O)CC1(C)C. The van der Waals surface area contributed by atoms with Gasteiger partial charge in [-0.2, -0.15) is 0 Å². The average Bonchev–Trinajstić information content (AvgIpc) is 2.64. The van der Waals surface area contributed by atoms with Crippen LogP contribution in [0.5, 0.6) is 0 Å². The van der Waals surface area contributed by atoms with Gasteiger partial charge in [0.05, 0.1) is 23.9 Å². The Morgan fingerprint density at radius 1 is 1.29 bits per heavy atom. The molecule has 21 heavy (non-hydrogen) atoms. The molecule has 0 saturated carbocycles. The second kappa shape index (κ2) is 4.98. The highest BCUT2D eigenvalue weighted by Crippen LogP contribution is 2.22. The lowest BCUT2D eigenvalue weighted by molar-refractivity contribution is -1.01. The fourth-order valence-corrected chi connectivity index (χ4v) is 3.64. The van der Waals surface area contributed by atoms with Crippen molar-refractivity contribution in [2.75, 3.05) is 0 Å². The zero-order valence-corrected chi connectivity index (χ0v) is 13.3. The molecule has 1 aromatic heterocycles. The van der Waals surface area contributed by atoms with E-state index in [0.29, 0.717) is 25.1 Å². The van der Waals surface area contributed by atoms with Crippen molar-refractivity contribution in [3.63, 3.8) is 0 Å². The van der Waals surface area contributed by atoms with Crippen molar-refractivity contribution in [3.8, 4) is 0 Å². The number of rotatable bonds is 3. The molecule has 1 N–H and O–H groups in total. The van der Waals surface area contributed by atoms with Crippen molar-refractivity contribution in [1.29, 1.82) is 0 Å². The second-order valence-electron chi connectivity index (χ2n) is 7.29. The number of carbonyl (C=O) groups is 2. The summed E-state index contributed by atoms with van der Waals surface area (Å²) in [6.45, 7) is 10.7. The Balaban J connectivity index is 2.32. The van der Waals surface area contributed by atoms with Crippen molar-refractivity contribution >= 4 is 11.8 Å². The van der Waals surface area contributed by atoms with Gasteiger partial charge in [-0.15, -0.1) is 0 Å². The van der Waals surface area contributed by atoms with Gasteiger partial charge in [0.2, 0.25) is 0 Å². The van der Waals surface area contributed by atoms with Crippen LogP contribution in [0.25, 0.3) is 0 Å². The first-order valence-electron chi connectivity index (χ1n) is 7.22. The van der Waals surface area contributed by atoms with Crippen molar-refractivity contribution in [1.82, 2.24) is 0 Å². The number of hydrogen-bond donors (Lipinski definition) is 1. The Labute approximate surface area is 124 Å². The Hall–Kier alpha value is -1.62. The first-order valence-corrected chi connectivity index (χ1v) is 7.22. The molecule has 0 spiro atoms. The number of aromatic carboxylic acids is 1. The predicted octanol–water partition coefficient (Wildman–Crippen LogP) is 0.257.